The lowest BCUT2D eigenvalue weighted by atomic mass is 10.1. The number of nitrogens with zero attached hydrogens (tertiary/aromatic N) is 1. The summed E-state index contributed by atoms with van der Waals surface area (Å²) in [6.45, 7) is 2.48. The molecule has 0 aromatic carbocycles. The van der Waals surface area contributed by atoms with E-state index in [9.17, 15) is 9.59 Å². The van der Waals surface area contributed by atoms with Gasteiger partial charge < -0.3 is 10.0 Å². The molecule has 0 aromatic rings. The molecule has 0 radical (unpaired) electrons. The second-order valence-corrected chi connectivity index (χ2v) is 5.22. The molecule has 0 aliphatic heterocycles. The van der Waals surface area contributed by atoms with Crippen molar-refractivity contribution < 1.29 is 14.7 Å². The molecule has 20 heavy (non-hydrogen) atoms. The quantitative estimate of drug-likeness (QED) is 0.439. The van der Waals surface area contributed by atoms with Gasteiger partial charge in [-0.05, 0) is 18.9 Å². The summed E-state index contributed by atoms with van der Waals surface area (Å²) in [7, 11) is 1.63. The summed E-state index contributed by atoms with van der Waals surface area (Å²) >= 11 is 0. The van der Waals surface area contributed by atoms with Gasteiger partial charge in [0.2, 0.25) is 5.91 Å². The van der Waals surface area contributed by atoms with Gasteiger partial charge in [0, 0.05) is 13.6 Å². The molecule has 0 unspecified atom stereocenters. The summed E-state index contributed by atoms with van der Waals surface area (Å²) < 4.78 is 0. The van der Waals surface area contributed by atoms with Gasteiger partial charge in [0.05, 0.1) is 6.42 Å². The fourth-order valence-corrected chi connectivity index (χ4v) is 1.90. The van der Waals surface area contributed by atoms with E-state index in [1.54, 1.807) is 13.1 Å². The number of rotatable bonds is 12. The van der Waals surface area contributed by atoms with Crippen molar-refractivity contribution in [1.82, 2.24) is 4.90 Å². The number of hydrogen-bond acceptors (Lipinski definition) is 2. The summed E-state index contributed by atoms with van der Waals surface area (Å²) in [6.07, 6.45) is 13.2. The molecular weight excluding hydrogens is 254 g/mol. The third kappa shape index (κ3) is 11.8. The molecule has 0 saturated carbocycles. The van der Waals surface area contributed by atoms with E-state index in [-0.39, 0.29) is 18.9 Å². The van der Waals surface area contributed by atoms with Crippen LogP contribution in [0.15, 0.2) is 12.2 Å². The number of unbranched alkanes of at least 4 members (excludes halogenated alkanes) is 7. The topological polar surface area (TPSA) is 57.6 Å². The second-order valence-electron chi connectivity index (χ2n) is 5.22. The minimum Gasteiger partial charge on any atom is -0.481 e. The predicted octanol–water partition coefficient (Wildman–Crippen LogP) is 3.62. The first kappa shape index (κ1) is 18.7. The number of aliphatic carboxylic acids is 1. The maximum atomic E-state index is 11.6. The van der Waals surface area contributed by atoms with Crippen LogP contribution >= 0.6 is 0 Å². The average Bonchev–Trinajstić information content (AvgIpc) is 2.42. The van der Waals surface area contributed by atoms with Gasteiger partial charge in [0.25, 0.3) is 0 Å². The Bertz CT molecular complexity index is 300. The molecule has 0 aliphatic carbocycles. The van der Waals surface area contributed by atoms with Crippen molar-refractivity contribution in [2.24, 2.45) is 0 Å². The first-order valence-electron chi connectivity index (χ1n) is 7.71. The van der Waals surface area contributed by atoms with Crippen LogP contribution in [0.25, 0.3) is 0 Å². The number of carbonyl (C=O) groups excluding carboxylic acids is 1. The first-order chi connectivity index (χ1) is 9.57. The van der Waals surface area contributed by atoms with E-state index in [1.807, 2.05) is 6.08 Å². The molecule has 0 fully saturated rings. The van der Waals surface area contributed by atoms with Crippen LogP contribution in [-0.4, -0.2) is 35.5 Å². The zero-order chi connectivity index (χ0) is 15.2. The van der Waals surface area contributed by atoms with Crippen LogP contribution in [-0.2, 0) is 9.59 Å². The van der Waals surface area contributed by atoms with Gasteiger partial charge in [-0.1, -0.05) is 51.5 Å². The summed E-state index contributed by atoms with van der Waals surface area (Å²) in [5.74, 6) is -0.995. The predicted molar refractivity (Wildman–Crippen MR) is 81.6 cm³/mol. The van der Waals surface area contributed by atoms with Gasteiger partial charge in [0.15, 0.2) is 0 Å². The van der Waals surface area contributed by atoms with Crippen LogP contribution in [0.3, 0.4) is 0 Å². The minimum atomic E-state index is -0.878. The summed E-state index contributed by atoms with van der Waals surface area (Å²) in [4.78, 5) is 23.4. The number of hydrogen-bond donors (Lipinski definition) is 1. The molecule has 0 bridgehead atoms. The highest BCUT2D eigenvalue weighted by atomic mass is 16.4. The Labute approximate surface area is 122 Å². The normalized spacial score (nSPS) is 10.9. The minimum absolute atomic E-state index is 0.00611. The monoisotopic (exact) mass is 283 g/mol. The van der Waals surface area contributed by atoms with Crippen molar-refractivity contribution >= 4 is 11.9 Å². The van der Waals surface area contributed by atoms with Crippen LogP contribution in [0.4, 0.5) is 0 Å². The highest BCUT2D eigenvalue weighted by Gasteiger charge is 2.06. The van der Waals surface area contributed by atoms with Crippen molar-refractivity contribution in [3.8, 4) is 0 Å². The Balaban J connectivity index is 3.53. The highest BCUT2D eigenvalue weighted by molar-refractivity contribution is 5.87. The van der Waals surface area contributed by atoms with Crippen LogP contribution in [0.1, 0.15) is 64.7 Å². The van der Waals surface area contributed by atoms with E-state index in [1.165, 1.54) is 43.4 Å². The molecule has 1 N–H and O–H groups in total. The Morgan fingerprint density at radius 3 is 2.25 bits per heavy atom. The lowest BCUT2D eigenvalue weighted by Crippen LogP contribution is -2.27. The lowest BCUT2D eigenvalue weighted by molar-refractivity contribution is -0.137. The standard InChI is InChI=1S/C16H29NO3/c1-3-4-5-6-7-8-9-10-11-12-15(18)17(2)14-13-16(19)20/h11-12H,3-10,13-14H2,1-2H3,(H,19,20). The van der Waals surface area contributed by atoms with Crippen LogP contribution < -0.4 is 0 Å². The van der Waals surface area contributed by atoms with E-state index >= 15 is 0 Å². The molecular formula is C16H29NO3. The van der Waals surface area contributed by atoms with E-state index < -0.39 is 5.97 Å². The van der Waals surface area contributed by atoms with Crippen molar-refractivity contribution in [3.63, 3.8) is 0 Å². The van der Waals surface area contributed by atoms with E-state index in [0.717, 1.165) is 12.8 Å². The molecule has 0 aliphatic rings. The lowest BCUT2D eigenvalue weighted by Gasteiger charge is -2.13. The SMILES string of the molecule is CCCCCCCCCC=CC(=O)N(C)CCC(=O)O. The van der Waals surface area contributed by atoms with E-state index in [0.29, 0.717) is 0 Å². The number of likely N-dealkylation sites (N-methyl/N-ethyl adjacent to an activating group) is 1. The smallest absolute Gasteiger partial charge is 0.305 e. The second kappa shape index (κ2) is 12.7. The maximum absolute atomic E-state index is 11.6. The number of carboxylic acids is 1. The molecule has 1 amide bonds. The third-order valence-electron chi connectivity index (χ3n) is 3.27. The number of carboxylic acid groups (broad SMARTS) is 1. The van der Waals surface area contributed by atoms with Crippen LogP contribution in [0.2, 0.25) is 0 Å². The molecule has 4 nitrogen and oxygen atoms in total. The summed E-state index contributed by atoms with van der Waals surface area (Å²) in [5, 5.41) is 8.54. The fraction of sp³-hybridized carbons (Fsp3) is 0.750. The van der Waals surface area contributed by atoms with Gasteiger partial charge in [-0.25, -0.2) is 0 Å². The Hall–Kier alpha value is -1.32. The van der Waals surface area contributed by atoms with Gasteiger partial charge in [-0.2, -0.15) is 0 Å². The molecule has 0 saturated heterocycles. The van der Waals surface area contributed by atoms with E-state index in [4.69, 9.17) is 5.11 Å². The van der Waals surface area contributed by atoms with Crippen molar-refractivity contribution in [3.05, 3.63) is 12.2 Å². The average molecular weight is 283 g/mol. The van der Waals surface area contributed by atoms with Crippen LogP contribution in [0, 0.1) is 0 Å². The Kier molecular flexibility index (Phi) is 11.9. The molecule has 116 valence electrons. The number of allylic oxidation sites excluding steroid dienone is 1. The molecule has 0 spiro atoms. The largest absolute Gasteiger partial charge is 0.481 e. The Morgan fingerprint density at radius 2 is 1.65 bits per heavy atom. The molecule has 0 heterocycles. The van der Waals surface area contributed by atoms with Crippen molar-refractivity contribution in [1.29, 1.82) is 0 Å². The zero-order valence-electron chi connectivity index (χ0n) is 12.9. The fourth-order valence-electron chi connectivity index (χ4n) is 1.90. The number of amides is 1. The van der Waals surface area contributed by atoms with Gasteiger partial charge in [-0.3, -0.25) is 9.59 Å². The molecule has 4 heteroatoms. The van der Waals surface area contributed by atoms with Gasteiger partial charge >= 0.3 is 5.97 Å². The summed E-state index contributed by atoms with van der Waals surface area (Å²) in [5.41, 5.74) is 0. The van der Waals surface area contributed by atoms with Crippen LogP contribution in [0.5, 0.6) is 0 Å². The highest BCUT2D eigenvalue weighted by Crippen LogP contribution is 2.08. The third-order valence-corrected chi connectivity index (χ3v) is 3.27. The molecule has 0 atom stereocenters. The molecule has 0 aromatic heterocycles. The van der Waals surface area contributed by atoms with E-state index in [2.05, 4.69) is 6.92 Å². The Morgan fingerprint density at radius 1 is 1.05 bits per heavy atom. The van der Waals surface area contributed by atoms with Crippen molar-refractivity contribution in [2.45, 2.75) is 64.7 Å². The maximum Gasteiger partial charge on any atom is 0.305 e. The van der Waals surface area contributed by atoms with Crippen molar-refractivity contribution in [2.75, 3.05) is 13.6 Å². The summed E-state index contributed by atoms with van der Waals surface area (Å²) in [6, 6.07) is 0. The first-order valence-corrected chi connectivity index (χ1v) is 7.71. The zero-order valence-corrected chi connectivity index (χ0v) is 12.9. The van der Waals surface area contributed by atoms with Gasteiger partial charge in [0.1, 0.15) is 0 Å². The molecule has 0 rings (SSSR count). The number of carbonyl (C=O) groups is 2. The van der Waals surface area contributed by atoms with Gasteiger partial charge in [-0.15, -0.1) is 0 Å².